The molecule has 8 nitrogen and oxygen atoms in total. The first-order valence-electron chi connectivity index (χ1n) is 10.3. The van der Waals surface area contributed by atoms with E-state index in [0.717, 1.165) is 17.0 Å². The first-order chi connectivity index (χ1) is 15.1. The molecule has 3 heterocycles. The molecule has 1 saturated heterocycles. The normalized spacial score (nSPS) is 15.8. The Morgan fingerprint density at radius 2 is 1.90 bits per heavy atom. The Morgan fingerprint density at radius 3 is 2.61 bits per heavy atom. The molecule has 1 unspecified atom stereocenters. The van der Waals surface area contributed by atoms with E-state index in [1.165, 1.54) is 6.20 Å². The summed E-state index contributed by atoms with van der Waals surface area (Å²) in [5, 5.41) is 4.30. The van der Waals surface area contributed by atoms with E-state index in [2.05, 4.69) is 10.1 Å². The van der Waals surface area contributed by atoms with Crippen molar-refractivity contribution >= 4 is 17.5 Å². The van der Waals surface area contributed by atoms with E-state index >= 15 is 0 Å². The van der Waals surface area contributed by atoms with E-state index in [1.54, 1.807) is 29.1 Å². The molecule has 0 radical (unpaired) electrons. The zero-order valence-electron chi connectivity index (χ0n) is 17.4. The number of anilines is 1. The van der Waals surface area contributed by atoms with Gasteiger partial charge in [-0.15, -0.1) is 0 Å². The zero-order valence-corrected chi connectivity index (χ0v) is 17.4. The minimum Gasteiger partial charge on any atom is -0.497 e. The highest BCUT2D eigenvalue weighted by Crippen LogP contribution is 2.26. The van der Waals surface area contributed by atoms with Gasteiger partial charge < -0.3 is 15.4 Å². The Hall–Kier alpha value is -3.68. The van der Waals surface area contributed by atoms with Gasteiger partial charge in [-0.2, -0.15) is 5.10 Å². The molecular weight excluding hydrogens is 394 g/mol. The molecule has 1 amide bonds. The number of methoxy groups -OCH3 is 1. The van der Waals surface area contributed by atoms with Crippen LogP contribution < -0.4 is 10.5 Å². The third-order valence-corrected chi connectivity index (χ3v) is 5.68. The van der Waals surface area contributed by atoms with E-state index in [0.29, 0.717) is 43.7 Å². The maximum Gasteiger partial charge on any atom is 0.222 e. The van der Waals surface area contributed by atoms with Crippen molar-refractivity contribution in [1.29, 1.82) is 0 Å². The van der Waals surface area contributed by atoms with Gasteiger partial charge in [-0.05, 0) is 54.8 Å². The highest BCUT2D eigenvalue weighted by molar-refractivity contribution is 6.02. The second-order valence-corrected chi connectivity index (χ2v) is 7.60. The third kappa shape index (κ3) is 4.42. The number of nitrogens with zero attached hydrogens (tertiary/aromatic N) is 4. The number of nitrogen functional groups attached to an aromatic ring is 1. The molecule has 0 bridgehead atoms. The number of Topliss-reactive ketones (excluding diaryl/α,β-unsaturated/α-hetero) is 1. The Morgan fingerprint density at radius 1 is 1.16 bits per heavy atom. The van der Waals surface area contributed by atoms with Crippen LogP contribution in [0.4, 0.5) is 5.82 Å². The molecule has 4 rings (SSSR count). The van der Waals surface area contributed by atoms with Gasteiger partial charge in [0.2, 0.25) is 5.91 Å². The first-order valence-corrected chi connectivity index (χ1v) is 10.3. The Bertz CT molecular complexity index is 1060. The molecule has 3 aromatic rings. The lowest BCUT2D eigenvalue weighted by Gasteiger charge is -2.16. The van der Waals surface area contributed by atoms with Crippen LogP contribution in [0.3, 0.4) is 0 Å². The van der Waals surface area contributed by atoms with Gasteiger partial charge in [-0.25, -0.2) is 4.68 Å². The lowest BCUT2D eigenvalue weighted by Crippen LogP contribution is -2.30. The number of carbonyl (C=O) groups is 2. The zero-order chi connectivity index (χ0) is 21.8. The highest BCUT2D eigenvalue weighted by Gasteiger charge is 2.33. The number of amides is 1. The summed E-state index contributed by atoms with van der Waals surface area (Å²) in [6.45, 7) is 0.999. The Labute approximate surface area is 180 Å². The van der Waals surface area contributed by atoms with Crippen LogP contribution in [0.15, 0.2) is 55.0 Å². The fourth-order valence-electron chi connectivity index (χ4n) is 3.86. The molecule has 1 atom stereocenters. The summed E-state index contributed by atoms with van der Waals surface area (Å²) in [5.74, 6) is 0.763. The van der Waals surface area contributed by atoms with E-state index in [-0.39, 0.29) is 17.6 Å². The number of benzene rings is 1. The van der Waals surface area contributed by atoms with Crippen molar-refractivity contribution in [2.24, 2.45) is 5.92 Å². The standard InChI is InChI=1S/C23H25N5O3/c1-31-19-5-3-18(4-6-19)28-23(24)20(14-26-28)22(30)17-10-13-27(15-17)21(29)7-2-16-8-11-25-12-9-16/h3-6,8-9,11-12,14,17H,2,7,10,13,15,24H2,1H3. The fourth-order valence-corrected chi connectivity index (χ4v) is 3.86. The van der Waals surface area contributed by atoms with Gasteiger partial charge >= 0.3 is 0 Å². The molecule has 1 aliphatic heterocycles. The van der Waals surface area contributed by atoms with Gasteiger partial charge in [-0.3, -0.25) is 14.6 Å². The number of pyridine rings is 1. The molecule has 160 valence electrons. The SMILES string of the molecule is COc1ccc(-n2ncc(C(=O)C3CCN(C(=O)CCc4ccncc4)C3)c2N)cc1. The predicted molar refractivity (Wildman–Crippen MR) is 116 cm³/mol. The second kappa shape index (κ2) is 8.99. The monoisotopic (exact) mass is 419 g/mol. The van der Waals surface area contributed by atoms with Crippen LogP contribution in [0.25, 0.3) is 5.69 Å². The van der Waals surface area contributed by atoms with Crippen LogP contribution in [0, 0.1) is 5.92 Å². The summed E-state index contributed by atoms with van der Waals surface area (Å²) in [5.41, 5.74) is 8.46. The van der Waals surface area contributed by atoms with Gasteiger partial charge in [0.25, 0.3) is 0 Å². The van der Waals surface area contributed by atoms with Crippen molar-refractivity contribution in [2.45, 2.75) is 19.3 Å². The molecule has 2 aromatic heterocycles. The van der Waals surface area contributed by atoms with Crippen LogP contribution in [-0.4, -0.2) is 51.6 Å². The molecule has 1 fully saturated rings. The Balaban J connectivity index is 1.39. The average molecular weight is 419 g/mol. The third-order valence-electron chi connectivity index (χ3n) is 5.68. The van der Waals surface area contributed by atoms with Crippen LogP contribution in [0.1, 0.15) is 28.8 Å². The van der Waals surface area contributed by atoms with Crippen LogP contribution in [0.2, 0.25) is 0 Å². The molecule has 0 aliphatic carbocycles. The summed E-state index contributed by atoms with van der Waals surface area (Å²) in [4.78, 5) is 31.4. The lowest BCUT2D eigenvalue weighted by molar-refractivity contribution is -0.130. The van der Waals surface area contributed by atoms with Crippen molar-refractivity contribution in [1.82, 2.24) is 19.7 Å². The second-order valence-electron chi connectivity index (χ2n) is 7.60. The van der Waals surface area contributed by atoms with Crippen LogP contribution in [0.5, 0.6) is 5.75 Å². The van der Waals surface area contributed by atoms with Crippen LogP contribution >= 0.6 is 0 Å². The summed E-state index contributed by atoms with van der Waals surface area (Å²) >= 11 is 0. The summed E-state index contributed by atoms with van der Waals surface area (Å²) in [7, 11) is 1.60. The Kier molecular flexibility index (Phi) is 5.97. The van der Waals surface area contributed by atoms with Crippen molar-refractivity contribution in [2.75, 3.05) is 25.9 Å². The number of aromatic nitrogens is 3. The van der Waals surface area contributed by atoms with E-state index in [1.807, 2.05) is 36.4 Å². The number of hydrogen-bond acceptors (Lipinski definition) is 6. The van der Waals surface area contributed by atoms with E-state index in [9.17, 15) is 9.59 Å². The molecule has 1 aromatic carbocycles. The molecule has 2 N–H and O–H groups in total. The number of rotatable bonds is 7. The van der Waals surface area contributed by atoms with Crippen molar-refractivity contribution in [3.8, 4) is 11.4 Å². The maximum absolute atomic E-state index is 13.1. The summed E-state index contributed by atoms with van der Waals surface area (Å²) < 4.78 is 6.71. The molecule has 0 spiro atoms. The number of carbonyl (C=O) groups excluding carboxylic acids is 2. The summed E-state index contributed by atoms with van der Waals surface area (Å²) in [6, 6.07) is 11.1. The van der Waals surface area contributed by atoms with Gasteiger partial charge in [0.05, 0.1) is 24.6 Å². The predicted octanol–water partition coefficient (Wildman–Crippen LogP) is 2.52. The minimum absolute atomic E-state index is 0.0639. The summed E-state index contributed by atoms with van der Waals surface area (Å²) in [6.07, 6.45) is 6.67. The van der Waals surface area contributed by atoms with Gasteiger partial charge in [0.15, 0.2) is 5.78 Å². The van der Waals surface area contributed by atoms with Gasteiger partial charge in [0, 0.05) is 37.8 Å². The number of ketones is 1. The fraction of sp³-hybridized carbons (Fsp3) is 0.304. The highest BCUT2D eigenvalue weighted by atomic mass is 16.5. The quantitative estimate of drug-likeness (QED) is 0.590. The number of likely N-dealkylation sites (tertiary alicyclic amines) is 1. The number of nitrogens with two attached hydrogens (primary N) is 1. The molecule has 31 heavy (non-hydrogen) atoms. The largest absolute Gasteiger partial charge is 0.497 e. The molecular formula is C23H25N5O3. The first kappa shape index (κ1) is 20.6. The molecule has 1 aliphatic rings. The number of aryl methyl sites for hydroxylation is 1. The van der Waals surface area contributed by atoms with E-state index in [4.69, 9.17) is 10.5 Å². The van der Waals surface area contributed by atoms with Gasteiger partial charge in [-0.1, -0.05) is 0 Å². The number of ether oxygens (including phenoxy) is 1. The smallest absolute Gasteiger partial charge is 0.222 e. The van der Waals surface area contributed by atoms with Crippen molar-refractivity contribution < 1.29 is 14.3 Å². The molecule has 0 saturated carbocycles. The molecule has 8 heteroatoms. The average Bonchev–Trinajstić information content (AvgIpc) is 3.45. The lowest BCUT2D eigenvalue weighted by atomic mass is 9.98. The maximum atomic E-state index is 13.1. The van der Waals surface area contributed by atoms with Crippen molar-refractivity contribution in [3.05, 3.63) is 66.1 Å². The minimum atomic E-state index is -0.263. The van der Waals surface area contributed by atoms with Crippen LogP contribution in [-0.2, 0) is 11.2 Å². The topological polar surface area (TPSA) is 103 Å². The number of hydrogen-bond donors (Lipinski definition) is 1. The van der Waals surface area contributed by atoms with E-state index < -0.39 is 0 Å². The van der Waals surface area contributed by atoms with Gasteiger partial charge in [0.1, 0.15) is 11.6 Å². The van der Waals surface area contributed by atoms with Crippen molar-refractivity contribution in [3.63, 3.8) is 0 Å².